The molecule has 34 heavy (non-hydrogen) atoms. The van der Waals surface area contributed by atoms with Crippen molar-refractivity contribution in [1.82, 2.24) is 0 Å². The lowest BCUT2D eigenvalue weighted by atomic mass is 9.97. The van der Waals surface area contributed by atoms with E-state index in [-0.39, 0.29) is 25.6 Å². The topological polar surface area (TPSA) is 78.9 Å². The van der Waals surface area contributed by atoms with Gasteiger partial charge in [-0.15, -0.1) is 0 Å². The predicted octanol–water partition coefficient (Wildman–Crippen LogP) is 6.65. The number of thioether (sulfide) groups is 1. The number of hydrogen-bond donors (Lipinski definition) is 0. The fraction of sp³-hybridized carbons (Fsp3) is 0.815. The molecule has 0 aliphatic carbocycles. The van der Waals surface area contributed by atoms with E-state index in [0.29, 0.717) is 18.1 Å². The van der Waals surface area contributed by atoms with Crippen molar-refractivity contribution in [2.45, 2.75) is 104 Å². The van der Waals surface area contributed by atoms with Gasteiger partial charge in [0.15, 0.2) is 0 Å². The molecule has 0 rings (SSSR count). The van der Waals surface area contributed by atoms with Gasteiger partial charge in [0.25, 0.3) is 0 Å². The van der Waals surface area contributed by atoms with Crippen molar-refractivity contribution in [2.24, 2.45) is 5.41 Å². The van der Waals surface area contributed by atoms with Crippen LogP contribution in [0.1, 0.15) is 104 Å². The molecule has 0 amide bonds. The third kappa shape index (κ3) is 19.9. The minimum atomic E-state index is -0.579. The zero-order valence-corrected chi connectivity index (χ0v) is 22.7. The Morgan fingerprint density at radius 2 is 1.32 bits per heavy atom. The predicted molar refractivity (Wildman–Crippen MR) is 140 cm³/mol. The molecule has 0 spiro atoms. The van der Waals surface area contributed by atoms with Crippen LogP contribution in [0.25, 0.3) is 0 Å². The number of carbonyl (C=O) groups excluding carboxylic acids is 3. The second-order valence-electron chi connectivity index (χ2n) is 9.30. The number of esters is 3. The van der Waals surface area contributed by atoms with E-state index in [1.54, 1.807) is 11.8 Å². The maximum atomic E-state index is 12.4. The highest BCUT2D eigenvalue weighted by atomic mass is 32.2. The highest BCUT2D eigenvalue weighted by Crippen LogP contribution is 2.24. The first kappa shape index (κ1) is 32.5. The summed E-state index contributed by atoms with van der Waals surface area (Å²) in [4.78, 5) is 34.8. The Kier molecular flexibility index (Phi) is 21.0. The first-order valence-corrected chi connectivity index (χ1v) is 14.2. The van der Waals surface area contributed by atoms with Gasteiger partial charge in [-0.2, -0.15) is 11.8 Å². The summed E-state index contributed by atoms with van der Waals surface area (Å²) in [7, 11) is 0. The molecule has 0 heterocycles. The van der Waals surface area contributed by atoms with Crippen LogP contribution in [0, 0.1) is 5.41 Å². The van der Waals surface area contributed by atoms with E-state index >= 15 is 0 Å². The summed E-state index contributed by atoms with van der Waals surface area (Å²) in [6.45, 7) is 10.0. The molecule has 0 radical (unpaired) electrons. The van der Waals surface area contributed by atoms with Crippen LogP contribution in [0.5, 0.6) is 0 Å². The van der Waals surface area contributed by atoms with Crippen LogP contribution in [0.4, 0.5) is 0 Å². The van der Waals surface area contributed by atoms with Gasteiger partial charge in [-0.25, -0.2) is 4.79 Å². The molecule has 0 aromatic rings. The number of hydrogen-bond acceptors (Lipinski definition) is 7. The van der Waals surface area contributed by atoms with E-state index < -0.39 is 17.4 Å². The second kappa shape index (κ2) is 22.0. The second-order valence-corrected chi connectivity index (χ2v) is 10.4. The van der Waals surface area contributed by atoms with E-state index in [1.807, 2.05) is 13.8 Å². The summed E-state index contributed by atoms with van der Waals surface area (Å²) in [5, 5.41) is 0. The third-order valence-electron chi connectivity index (χ3n) is 5.45. The van der Waals surface area contributed by atoms with Gasteiger partial charge < -0.3 is 14.2 Å². The fourth-order valence-corrected chi connectivity index (χ4v) is 4.24. The normalized spacial score (nSPS) is 11.1. The van der Waals surface area contributed by atoms with Crippen LogP contribution in [0.3, 0.4) is 0 Å². The molecular weight excluding hydrogens is 452 g/mol. The minimum absolute atomic E-state index is 0.0151. The molecule has 0 saturated heterocycles. The maximum Gasteiger partial charge on any atom is 0.330 e. The molecule has 0 atom stereocenters. The van der Waals surface area contributed by atoms with E-state index in [2.05, 4.69) is 13.5 Å². The molecule has 198 valence electrons. The Hall–Kier alpha value is -1.50. The van der Waals surface area contributed by atoms with Gasteiger partial charge in [0.1, 0.15) is 13.2 Å². The quantitative estimate of drug-likeness (QED) is 0.0672. The number of rotatable bonds is 23. The Morgan fingerprint density at radius 1 is 0.765 bits per heavy atom. The van der Waals surface area contributed by atoms with Crippen molar-refractivity contribution >= 4 is 29.7 Å². The lowest BCUT2D eigenvalue weighted by molar-refractivity contribution is -0.153. The van der Waals surface area contributed by atoms with Gasteiger partial charge in [-0.05, 0) is 20.3 Å². The van der Waals surface area contributed by atoms with E-state index in [0.717, 1.165) is 18.9 Å². The zero-order chi connectivity index (χ0) is 25.5. The molecule has 0 aromatic carbocycles. The Morgan fingerprint density at radius 3 is 1.88 bits per heavy atom. The molecule has 0 saturated carbocycles. The van der Waals surface area contributed by atoms with Crippen LogP contribution >= 0.6 is 11.8 Å². The van der Waals surface area contributed by atoms with Crippen LogP contribution in [0.15, 0.2) is 12.7 Å². The summed E-state index contributed by atoms with van der Waals surface area (Å²) >= 11 is 1.55. The van der Waals surface area contributed by atoms with Crippen molar-refractivity contribution in [3.63, 3.8) is 0 Å². The molecule has 0 aliphatic rings. The lowest BCUT2D eigenvalue weighted by Crippen LogP contribution is -2.29. The SMILES string of the molecule is C=CC(=O)OCCC(=O)OCCSCC(C)(C)C(=O)OCCCCCCCCCCCCCC. The van der Waals surface area contributed by atoms with Crippen molar-refractivity contribution in [1.29, 1.82) is 0 Å². The molecule has 7 heteroatoms. The van der Waals surface area contributed by atoms with Crippen LogP contribution in [0.2, 0.25) is 0 Å². The first-order valence-electron chi connectivity index (χ1n) is 13.0. The Balaban J connectivity index is 3.61. The minimum Gasteiger partial charge on any atom is -0.465 e. The standard InChI is InChI=1S/C27H48O6S/c1-5-7-8-9-10-11-12-13-14-15-16-17-19-33-26(30)27(3,4)23-34-22-21-32-25(29)18-20-31-24(28)6-2/h6H,2,5,7-23H2,1,3-4H3. The van der Waals surface area contributed by atoms with Gasteiger partial charge >= 0.3 is 17.9 Å². The highest BCUT2D eigenvalue weighted by molar-refractivity contribution is 7.99. The summed E-state index contributed by atoms with van der Waals surface area (Å²) < 4.78 is 15.3. The fourth-order valence-electron chi connectivity index (χ4n) is 3.27. The average Bonchev–Trinajstić information content (AvgIpc) is 2.81. The molecule has 0 bridgehead atoms. The number of carbonyl (C=O) groups is 3. The van der Waals surface area contributed by atoms with E-state index in [9.17, 15) is 14.4 Å². The summed E-state index contributed by atoms with van der Waals surface area (Å²) in [6, 6.07) is 0. The summed E-state index contributed by atoms with van der Waals surface area (Å²) in [6.07, 6.45) is 16.4. The highest BCUT2D eigenvalue weighted by Gasteiger charge is 2.29. The third-order valence-corrected chi connectivity index (χ3v) is 6.84. The lowest BCUT2D eigenvalue weighted by Gasteiger charge is -2.22. The Labute approximate surface area is 211 Å². The van der Waals surface area contributed by atoms with Crippen molar-refractivity contribution in [3.05, 3.63) is 12.7 Å². The van der Waals surface area contributed by atoms with Gasteiger partial charge in [0.05, 0.1) is 18.4 Å². The van der Waals surface area contributed by atoms with Crippen molar-refractivity contribution < 1.29 is 28.6 Å². The van der Waals surface area contributed by atoms with Gasteiger partial charge in [-0.3, -0.25) is 9.59 Å². The van der Waals surface area contributed by atoms with E-state index in [1.165, 1.54) is 64.2 Å². The van der Waals surface area contributed by atoms with Crippen LogP contribution in [-0.2, 0) is 28.6 Å². The molecular formula is C27H48O6S. The first-order chi connectivity index (χ1) is 16.3. The molecule has 0 fully saturated rings. The van der Waals surface area contributed by atoms with Crippen molar-refractivity contribution in [3.8, 4) is 0 Å². The monoisotopic (exact) mass is 500 g/mol. The van der Waals surface area contributed by atoms with Crippen molar-refractivity contribution in [2.75, 3.05) is 31.3 Å². The van der Waals surface area contributed by atoms with Crippen LogP contribution < -0.4 is 0 Å². The van der Waals surface area contributed by atoms with Crippen LogP contribution in [-0.4, -0.2) is 49.2 Å². The van der Waals surface area contributed by atoms with E-state index in [4.69, 9.17) is 14.2 Å². The number of ether oxygens (including phenoxy) is 3. The number of unbranched alkanes of at least 4 members (excludes halogenated alkanes) is 11. The van der Waals surface area contributed by atoms with Gasteiger partial charge in [0, 0.05) is 17.6 Å². The summed E-state index contributed by atoms with van der Waals surface area (Å²) in [5.41, 5.74) is -0.579. The van der Waals surface area contributed by atoms with Gasteiger partial charge in [0.2, 0.25) is 0 Å². The largest absolute Gasteiger partial charge is 0.465 e. The molecule has 6 nitrogen and oxygen atoms in total. The average molecular weight is 501 g/mol. The molecule has 0 aromatic heterocycles. The zero-order valence-electron chi connectivity index (χ0n) is 21.9. The molecule has 0 N–H and O–H groups in total. The maximum absolute atomic E-state index is 12.4. The Bertz CT molecular complexity index is 561. The molecule has 0 unspecified atom stereocenters. The summed E-state index contributed by atoms with van der Waals surface area (Å²) in [5.74, 6) is 0.0331. The molecule has 0 aliphatic heterocycles. The smallest absolute Gasteiger partial charge is 0.330 e. The van der Waals surface area contributed by atoms with Gasteiger partial charge in [-0.1, -0.05) is 84.1 Å².